The van der Waals surface area contributed by atoms with Crippen LogP contribution in [0.15, 0.2) is 54.7 Å². The number of fused-ring (bicyclic) bond motifs is 2. The zero-order valence-corrected chi connectivity index (χ0v) is 12.0. The van der Waals surface area contributed by atoms with Gasteiger partial charge >= 0.3 is 0 Å². The third-order valence-corrected chi connectivity index (χ3v) is 4.27. The summed E-state index contributed by atoms with van der Waals surface area (Å²) in [6.45, 7) is 2.24. The van der Waals surface area contributed by atoms with Crippen molar-refractivity contribution in [3.63, 3.8) is 0 Å². The SMILES string of the molecule is CC1Cc2ccccc2N1c1ccc2ncccc2c1N. The largest absolute Gasteiger partial charge is 0.396 e. The Balaban J connectivity index is 1.93. The van der Waals surface area contributed by atoms with E-state index in [1.807, 2.05) is 12.1 Å². The summed E-state index contributed by atoms with van der Waals surface area (Å²) < 4.78 is 0. The molecule has 0 spiro atoms. The maximum atomic E-state index is 6.44. The number of aromatic nitrogens is 1. The van der Waals surface area contributed by atoms with Crippen molar-refractivity contribution < 1.29 is 0 Å². The van der Waals surface area contributed by atoms with Gasteiger partial charge in [0.2, 0.25) is 0 Å². The average Bonchev–Trinajstić information content (AvgIpc) is 2.84. The molecule has 1 atom stereocenters. The van der Waals surface area contributed by atoms with Crippen LogP contribution < -0.4 is 10.6 Å². The van der Waals surface area contributed by atoms with Gasteiger partial charge in [-0.2, -0.15) is 0 Å². The van der Waals surface area contributed by atoms with Gasteiger partial charge in [-0.15, -0.1) is 0 Å². The first-order valence-corrected chi connectivity index (χ1v) is 7.26. The van der Waals surface area contributed by atoms with Gasteiger partial charge in [-0.3, -0.25) is 4.98 Å². The van der Waals surface area contributed by atoms with Crippen LogP contribution in [0.4, 0.5) is 17.1 Å². The van der Waals surface area contributed by atoms with Crippen molar-refractivity contribution in [2.45, 2.75) is 19.4 Å². The molecule has 0 bridgehead atoms. The Hall–Kier alpha value is -2.55. The molecule has 2 heterocycles. The lowest BCUT2D eigenvalue weighted by Gasteiger charge is -2.27. The van der Waals surface area contributed by atoms with Gasteiger partial charge in [0.15, 0.2) is 0 Å². The van der Waals surface area contributed by atoms with Crippen molar-refractivity contribution in [1.29, 1.82) is 0 Å². The van der Waals surface area contributed by atoms with Crippen LogP contribution in [0.25, 0.3) is 10.9 Å². The number of nitrogens with zero attached hydrogens (tertiary/aromatic N) is 2. The summed E-state index contributed by atoms with van der Waals surface area (Å²) >= 11 is 0. The quantitative estimate of drug-likeness (QED) is 0.685. The first-order valence-electron chi connectivity index (χ1n) is 7.26. The number of nitrogen functional groups attached to an aromatic ring is 1. The number of rotatable bonds is 1. The second kappa shape index (κ2) is 4.48. The van der Waals surface area contributed by atoms with E-state index in [2.05, 4.69) is 53.2 Å². The zero-order chi connectivity index (χ0) is 14.4. The van der Waals surface area contributed by atoms with Gasteiger partial charge in [-0.1, -0.05) is 18.2 Å². The van der Waals surface area contributed by atoms with E-state index >= 15 is 0 Å². The van der Waals surface area contributed by atoms with E-state index in [0.29, 0.717) is 6.04 Å². The summed E-state index contributed by atoms with van der Waals surface area (Å²) in [7, 11) is 0. The van der Waals surface area contributed by atoms with E-state index < -0.39 is 0 Å². The molecule has 1 aromatic heterocycles. The van der Waals surface area contributed by atoms with Crippen LogP contribution >= 0.6 is 0 Å². The number of nitrogens with two attached hydrogens (primary N) is 1. The summed E-state index contributed by atoms with van der Waals surface area (Å²) in [5, 5.41) is 1.02. The minimum Gasteiger partial charge on any atom is -0.396 e. The number of benzene rings is 2. The van der Waals surface area contributed by atoms with Crippen molar-refractivity contribution in [3.05, 3.63) is 60.3 Å². The molecule has 104 valence electrons. The third kappa shape index (κ3) is 1.77. The molecule has 0 radical (unpaired) electrons. The van der Waals surface area contributed by atoms with Gasteiger partial charge in [0.05, 0.1) is 16.9 Å². The number of hydrogen-bond acceptors (Lipinski definition) is 3. The summed E-state index contributed by atoms with van der Waals surface area (Å²) in [6.07, 6.45) is 2.86. The zero-order valence-electron chi connectivity index (χ0n) is 12.0. The second-order valence-corrected chi connectivity index (χ2v) is 5.62. The normalized spacial score (nSPS) is 17.2. The highest BCUT2D eigenvalue weighted by molar-refractivity contribution is 5.98. The molecular weight excluding hydrogens is 258 g/mol. The summed E-state index contributed by atoms with van der Waals surface area (Å²) in [4.78, 5) is 6.72. The van der Waals surface area contributed by atoms with Crippen LogP contribution in [0.2, 0.25) is 0 Å². The van der Waals surface area contributed by atoms with Crippen LogP contribution in [0.3, 0.4) is 0 Å². The van der Waals surface area contributed by atoms with Crippen LogP contribution in [0.5, 0.6) is 0 Å². The maximum absolute atomic E-state index is 6.44. The van der Waals surface area contributed by atoms with Crippen molar-refractivity contribution in [2.24, 2.45) is 0 Å². The molecule has 3 heteroatoms. The van der Waals surface area contributed by atoms with Crippen LogP contribution in [-0.2, 0) is 6.42 Å². The van der Waals surface area contributed by atoms with E-state index in [9.17, 15) is 0 Å². The van der Waals surface area contributed by atoms with Crippen LogP contribution in [-0.4, -0.2) is 11.0 Å². The van der Waals surface area contributed by atoms with E-state index in [1.165, 1.54) is 11.3 Å². The fraction of sp³-hybridized carbons (Fsp3) is 0.167. The first kappa shape index (κ1) is 12.2. The van der Waals surface area contributed by atoms with Gasteiger partial charge in [-0.25, -0.2) is 0 Å². The second-order valence-electron chi connectivity index (χ2n) is 5.62. The molecule has 2 N–H and O–H groups in total. The molecule has 0 aliphatic carbocycles. The highest BCUT2D eigenvalue weighted by atomic mass is 15.2. The number of anilines is 3. The molecule has 3 nitrogen and oxygen atoms in total. The Morgan fingerprint density at radius 1 is 1.05 bits per heavy atom. The molecule has 2 aromatic carbocycles. The van der Waals surface area contributed by atoms with Gasteiger partial charge in [0, 0.05) is 23.3 Å². The standard InChI is InChI=1S/C18H17N3/c1-12-11-13-5-2-3-7-16(13)21(12)17-9-8-15-14(18(17)19)6-4-10-20-15/h2-10,12H,11,19H2,1H3. The Morgan fingerprint density at radius 2 is 1.90 bits per heavy atom. The predicted octanol–water partition coefficient (Wildman–Crippen LogP) is 3.90. The Morgan fingerprint density at radius 3 is 2.81 bits per heavy atom. The molecule has 0 saturated heterocycles. The number of hydrogen-bond donors (Lipinski definition) is 1. The number of pyridine rings is 1. The van der Waals surface area contributed by atoms with E-state index in [1.54, 1.807) is 6.20 Å². The molecule has 1 aliphatic heterocycles. The van der Waals surface area contributed by atoms with Crippen LogP contribution in [0.1, 0.15) is 12.5 Å². The third-order valence-electron chi connectivity index (χ3n) is 4.27. The van der Waals surface area contributed by atoms with Gasteiger partial charge < -0.3 is 10.6 Å². The molecule has 0 amide bonds. The minimum atomic E-state index is 0.416. The fourth-order valence-corrected chi connectivity index (χ4v) is 3.31. The van der Waals surface area contributed by atoms with Gasteiger partial charge in [-0.05, 0) is 49.2 Å². The number of para-hydroxylation sites is 1. The summed E-state index contributed by atoms with van der Waals surface area (Å²) in [6, 6.07) is 17.1. The van der Waals surface area contributed by atoms with E-state index in [0.717, 1.165) is 28.7 Å². The highest BCUT2D eigenvalue weighted by Crippen LogP contribution is 2.42. The van der Waals surface area contributed by atoms with Gasteiger partial charge in [0.25, 0.3) is 0 Å². The molecule has 1 unspecified atom stereocenters. The van der Waals surface area contributed by atoms with Crippen molar-refractivity contribution in [1.82, 2.24) is 4.98 Å². The lowest BCUT2D eigenvalue weighted by atomic mass is 10.1. The maximum Gasteiger partial charge on any atom is 0.0724 e. The average molecular weight is 275 g/mol. The topological polar surface area (TPSA) is 42.2 Å². The molecule has 4 rings (SSSR count). The Bertz CT molecular complexity index is 826. The first-order chi connectivity index (χ1) is 10.3. The molecule has 3 aromatic rings. The van der Waals surface area contributed by atoms with Gasteiger partial charge in [0.1, 0.15) is 0 Å². The molecule has 0 saturated carbocycles. The van der Waals surface area contributed by atoms with E-state index in [4.69, 9.17) is 5.73 Å². The van der Waals surface area contributed by atoms with Crippen molar-refractivity contribution in [3.8, 4) is 0 Å². The smallest absolute Gasteiger partial charge is 0.0724 e. The van der Waals surface area contributed by atoms with Crippen molar-refractivity contribution in [2.75, 3.05) is 10.6 Å². The Kier molecular flexibility index (Phi) is 2.61. The molecule has 1 aliphatic rings. The Labute approximate surface area is 124 Å². The van der Waals surface area contributed by atoms with E-state index in [-0.39, 0.29) is 0 Å². The lowest BCUT2D eigenvalue weighted by molar-refractivity contribution is 0.760. The molecule has 0 fully saturated rings. The van der Waals surface area contributed by atoms with Crippen molar-refractivity contribution >= 4 is 28.0 Å². The molecular formula is C18H17N3. The predicted molar refractivity (Wildman–Crippen MR) is 87.9 cm³/mol. The minimum absolute atomic E-state index is 0.416. The highest BCUT2D eigenvalue weighted by Gasteiger charge is 2.28. The summed E-state index contributed by atoms with van der Waals surface area (Å²) in [5.41, 5.74) is 11.9. The molecule has 21 heavy (non-hydrogen) atoms. The summed E-state index contributed by atoms with van der Waals surface area (Å²) in [5.74, 6) is 0. The lowest BCUT2D eigenvalue weighted by Crippen LogP contribution is -2.24. The van der Waals surface area contributed by atoms with Crippen LogP contribution in [0, 0.1) is 0 Å². The fourth-order valence-electron chi connectivity index (χ4n) is 3.31. The monoisotopic (exact) mass is 275 g/mol.